The van der Waals surface area contributed by atoms with Crippen LogP contribution >= 0.6 is 0 Å². The van der Waals surface area contributed by atoms with Gasteiger partial charge in [-0.3, -0.25) is 14.5 Å². The van der Waals surface area contributed by atoms with Crippen LogP contribution in [0.5, 0.6) is 0 Å². The van der Waals surface area contributed by atoms with E-state index < -0.39 is 5.97 Å². The summed E-state index contributed by atoms with van der Waals surface area (Å²) in [4.78, 5) is 41.9. The number of carbonyl (C=O) groups excluding carboxylic acids is 3. The van der Waals surface area contributed by atoms with Crippen LogP contribution in [0.1, 0.15) is 21.5 Å². The van der Waals surface area contributed by atoms with Crippen LogP contribution in [-0.2, 0) is 19.1 Å². The van der Waals surface area contributed by atoms with Crippen molar-refractivity contribution in [3.05, 3.63) is 89.5 Å². The molecule has 0 bridgehead atoms. The summed E-state index contributed by atoms with van der Waals surface area (Å²) in [6.07, 6.45) is 0. The number of nitrogens with zero attached hydrogens (tertiary/aromatic N) is 2. The van der Waals surface area contributed by atoms with Crippen LogP contribution in [0, 0.1) is 0 Å². The molecule has 0 radical (unpaired) electrons. The Bertz CT molecular complexity index is 1410. The van der Waals surface area contributed by atoms with Gasteiger partial charge in [0.2, 0.25) is 5.91 Å². The summed E-state index contributed by atoms with van der Waals surface area (Å²) in [5.74, 6) is -0.748. The Morgan fingerprint density at radius 2 is 1.72 bits per heavy atom. The average Bonchev–Trinajstić information content (AvgIpc) is 3.31. The first kappa shape index (κ1) is 26.1. The minimum absolute atomic E-state index is 0.00495. The van der Waals surface area contributed by atoms with Gasteiger partial charge < -0.3 is 25.0 Å². The highest BCUT2D eigenvalue weighted by Crippen LogP contribution is 2.38. The molecule has 2 heterocycles. The number of benzene rings is 3. The summed E-state index contributed by atoms with van der Waals surface area (Å²) in [6.45, 7) is 3.12. The first-order valence-electron chi connectivity index (χ1n) is 12.7. The van der Waals surface area contributed by atoms with Gasteiger partial charge in [0.25, 0.3) is 5.91 Å². The molecule has 2 aliphatic rings. The molecule has 0 spiro atoms. The van der Waals surface area contributed by atoms with Crippen molar-refractivity contribution in [3.8, 4) is 0 Å². The minimum atomic E-state index is -0.478. The van der Waals surface area contributed by atoms with Crippen molar-refractivity contribution in [3.63, 3.8) is 0 Å². The molecular formula is C30H30N4O5. The van der Waals surface area contributed by atoms with Crippen LogP contribution in [0.4, 0.5) is 17.1 Å². The Labute approximate surface area is 227 Å². The lowest BCUT2D eigenvalue weighted by molar-refractivity contribution is -0.120. The molecule has 1 saturated heterocycles. The third-order valence-electron chi connectivity index (χ3n) is 6.86. The van der Waals surface area contributed by atoms with Crippen molar-refractivity contribution < 1.29 is 23.9 Å². The van der Waals surface area contributed by atoms with Gasteiger partial charge in [-0.15, -0.1) is 0 Å². The standard InChI is InChI=1S/C30H30N4O5/c1-33(26(35)19-34-14-16-39-17-15-34)23-11-9-22(10-12-23)31-28(20-6-4-3-5-7-20)27-24-18-21(30(37)38-2)8-13-25(24)32-29(27)36/h3-13,18,31H,14-17,19H2,1-2H3,(H,32,36)/b28-27-. The molecule has 3 aromatic carbocycles. The van der Waals surface area contributed by atoms with Gasteiger partial charge in [-0.1, -0.05) is 30.3 Å². The van der Waals surface area contributed by atoms with Crippen LogP contribution in [0.2, 0.25) is 0 Å². The largest absolute Gasteiger partial charge is 0.465 e. The van der Waals surface area contributed by atoms with E-state index in [1.165, 1.54) is 7.11 Å². The number of rotatable bonds is 7. The summed E-state index contributed by atoms with van der Waals surface area (Å²) in [5.41, 5.74) is 4.91. The molecule has 0 saturated carbocycles. The Morgan fingerprint density at radius 1 is 1.00 bits per heavy atom. The zero-order valence-corrected chi connectivity index (χ0v) is 21.9. The second-order valence-corrected chi connectivity index (χ2v) is 9.34. The number of morpholine rings is 1. The molecule has 9 heteroatoms. The first-order chi connectivity index (χ1) is 18.9. The monoisotopic (exact) mass is 526 g/mol. The van der Waals surface area contributed by atoms with Crippen molar-refractivity contribution in [2.45, 2.75) is 0 Å². The molecule has 39 heavy (non-hydrogen) atoms. The Hall–Kier alpha value is -4.47. The van der Waals surface area contributed by atoms with Gasteiger partial charge in [0.1, 0.15) is 0 Å². The van der Waals surface area contributed by atoms with Crippen LogP contribution in [0.15, 0.2) is 72.8 Å². The fourth-order valence-corrected chi connectivity index (χ4v) is 4.66. The Balaban J connectivity index is 1.44. The predicted molar refractivity (Wildman–Crippen MR) is 150 cm³/mol. The number of ether oxygens (including phenoxy) is 2. The highest BCUT2D eigenvalue weighted by Gasteiger charge is 2.29. The normalized spacial score (nSPS) is 16.2. The molecule has 2 aliphatic heterocycles. The smallest absolute Gasteiger partial charge is 0.337 e. The molecule has 0 unspecified atom stereocenters. The van der Waals surface area contributed by atoms with E-state index in [0.29, 0.717) is 47.8 Å². The minimum Gasteiger partial charge on any atom is -0.465 e. The molecular weight excluding hydrogens is 496 g/mol. The van der Waals surface area contributed by atoms with E-state index in [1.54, 1.807) is 30.1 Å². The number of methoxy groups -OCH3 is 1. The maximum Gasteiger partial charge on any atom is 0.337 e. The van der Waals surface area contributed by atoms with Gasteiger partial charge in [-0.2, -0.15) is 0 Å². The molecule has 0 aliphatic carbocycles. The van der Waals surface area contributed by atoms with Gasteiger partial charge >= 0.3 is 5.97 Å². The number of hydrogen-bond donors (Lipinski definition) is 2. The maximum absolute atomic E-state index is 13.2. The van der Waals surface area contributed by atoms with E-state index in [0.717, 1.165) is 30.0 Å². The Kier molecular flexibility index (Phi) is 7.72. The van der Waals surface area contributed by atoms with Gasteiger partial charge in [0.05, 0.1) is 43.7 Å². The molecule has 0 atom stereocenters. The van der Waals surface area contributed by atoms with E-state index in [1.807, 2.05) is 54.6 Å². The van der Waals surface area contributed by atoms with Crippen LogP contribution < -0.4 is 15.5 Å². The molecule has 9 nitrogen and oxygen atoms in total. The zero-order chi connectivity index (χ0) is 27.4. The van der Waals surface area contributed by atoms with Gasteiger partial charge in [0, 0.05) is 42.8 Å². The fourth-order valence-electron chi connectivity index (χ4n) is 4.66. The number of amides is 2. The zero-order valence-electron chi connectivity index (χ0n) is 21.9. The molecule has 0 aromatic heterocycles. The number of anilines is 3. The van der Waals surface area contributed by atoms with Crippen molar-refractivity contribution in [2.24, 2.45) is 0 Å². The van der Waals surface area contributed by atoms with Crippen LogP contribution in [0.25, 0.3) is 11.3 Å². The van der Waals surface area contributed by atoms with Crippen molar-refractivity contribution in [1.29, 1.82) is 0 Å². The van der Waals surface area contributed by atoms with E-state index in [-0.39, 0.29) is 11.8 Å². The lowest BCUT2D eigenvalue weighted by atomic mass is 9.98. The second-order valence-electron chi connectivity index (χ2n) is 9.34. The fraction of sp³-hybridized carbons (Fsp3) is 0.233. The maximum atomic E-state index is 13.2. The van der Waals surface area contributed by atoms with Crippen molar-refractivity contribution in [1.82, 2.24) is 4.90 Å². The van der Waals surface area contributed by atoms with Crippen LogP contribution in [0.3, 0.4) is 0 Å². The quantitative estimate of drug-likeness (QED) is 0.358. The number of fused-ring (bicyclic) bond motifs is 1. The molecule has 200 valence electrons. The van der Waals surface area contributed by atoms with Gasteiger partial charge in [-0.05, 0) is 48.0 Å². The van der Waals surface area contributed by atoms with Crippen molar-refractivity contribution in [2.75, 3.05) is 62.5 Å². The Morgan fingerprint density at radius 3 is 2.41 bits per heavy atom. The number of nitrogens with one attached hydrogen (secondary N) is 2. The van der Waals surface area contributed by atoms with Crippen molar-refractivity contribution >= 4 is 46.1 Å². The molecule has 3 aromatic rings. The van der Waals surface area contributed by atoms with E-state index in [4.69, 9.17) is 9.47 Å². The molecule has 2 N–H and O–H groups in total. The highest BCUT2D eigenvalue weighted by molar-refractivity contribution is 6.37. The van der Waals surface area contributed by atoms with Crippen LogP contribution in [-0.4, -0.2) is 69.7 Å². The summed E-state index contributed by atoms with van der Waals surface area (Å²) >= 11 is 0. The van der Waals surface area contributed by atoms with E-state index in [2.05, 4.69) is 15.5 Å². The van der Waals surface area contributed by atoms with E-state index in [9.17, 15) is 14.4 Å². The van der Waals surface area contributed by atoms with Gasteiger partial charge in [0.15, 0.2) is 0 Å². The average molecular weight is 527 g/mol. The molecule has 1 fully saturated rings. The molecule has 2 amide bonds. The van der Waals surface area contributed by atoms with E-state index >= 15 is 0 Å². The summed E-state index contributed by atoms with van der Waals surface area (Å²) in [5, 5.41) is 6.30. The number of esters is 1. The first-order valence-corrected chi connectivity index (χ1v) is 12.7. The predicted octanol–water partition coefficient (Wildman–Crippen LogP) is 3.70. The number of likely N-dealkylation sites (N-methyl/N-ethyl adjacent to an activating group) is 1. The number of hydrogen-bond acceptors (Lipinski definition) is 7. The highest BCUT2D eigenvalue weighted by atomic mass is 16.5. The number of carbonyl (C=O) groups is 3. The summed E-state index contributed by atoms with van der Waals surface area (Å²) in [7, 11) is 3.09. The summed E-state index contributed by atoms with van der Waals surface area (Å²) < 4.78 is 10.2. The third kappa shape index (κ3) is 5.69. The SMILES string of the molecule is COC(=O)c1ccc2c(c1)/C(=C(/Nc1ccc(N(C)C(=O)CN3CCOCC3)cc1)c1ccccc1)C(=O)N2. The lowest BCUT2D eigenvalue weighted by Gasteiger charge is -2.28. The van der Waals surface area contributed by atoms with Gasteiger partial charge in [-0.25, -0.2) is 4.79 Å². The molecule has 5 rings (SSSR count). The lowest BCUT2D eigenvalue weighted by Crippen LogP contribution is -2.43. The summed E-state index contributed by atoms with van der Waals surface area (Å²) in [6, 6.07) is 22.0. The second kappa shape index (κ2) is 11.5. The topological polar surface area (TPSA) is 100 Å². The third-order valence-corrected chi connectivity index (χ3v) is 6.86.